The summed E-state index contributed by atoms with van der Waals surface area (Å²) in [5, 5.41) is 91.1. The fourth-order valence-electron chi connectivity index (χ4n) is 5.79. The number of nitrogens with one attached hydrogen (secondary N) is 1. The quantitative estimate of drug-likeness (QED) is 0.0453. The van der Waals surface area contributed by atoms with Gasteiger partial charge in [0.1, 0.15) is 27.8 Å². The Kier molecular flexibility index (Phi) is 15.2. The number of nitro benzene ring substituents is 1. The number of rotatable bonds is 9. The number of ether oxygens (including phenoxy) is 1. The number of sulfonamides is 2. The molecule has 0 aliphatic carbocycles. The SMILES string of the molecule is CC([O-])=Nc1cc(N=Nc2c([O-])ccc3cccc(NS(C)(=O)=O)c23)c([O-])c([N+](=O)[O-])c1.NS(=O)(=O)c1ccc(O)c(N=Nc2c3c(c4ccccc4c2[O-])OCS3(=O)=O)c1.[Cr+3].[Na+]. The molecule has 0 aromatic heterocycles. The van der Waals surface area contributed by atoms with Gasteiger partial charge in [-0.25, -0.2) is 30.4 Å². The van der Waals surface area contributed by atoms with Gasteiger partial charge in [-0.2, -0.15) is 10.2 Å². The average Bonchev–Trinajstić information content (AvgIpc) is 3.49. The van der Waals surface area contributed by atoms with Crippen molar-refractivity contribution in [2.24, 2.45) is 30.6 Å². The van der Waals surface area contributed by atoms with Crippen molar-refractivity contribution < 1.29 is 107 Å². The van der Waals surface area contributed by atoms with Crippen LogP contribution in [0.3, 0.4) is 0 Å². The predicted octanol–water partition coefficient (Wildman–Crippen LogP) is 0.899. The number of sulfone groups is 1. The van der Waals surface area contributed by atoms with Crippen molar-refractivity contribution in [3.63, 3.8) is 0 Å². The molecule has 1 aliphatic heterocycles. The van der Waals surface area contributed by atoms with Gasteiger partial charge in [-0.1, -0.05) is 60.0 Å². The van der Waals surface area contributed by atoms with Gasteiger partial charge in [0.15, 0.2) is 5.94 Å². The second-order valence-corrected chi connectivity index (χ2v) is 17.9. The molecule has 0 amide bonds. The smallest absolute Gasteiger partial charge is 0.871 e. The number of aliphatic imine (C=N–C) groups is 1. The summed E-state index contributed by atoms with van der Waals surface area (Å²) in [4.78, 5) is 13.1. The zero-order valence-electron chi connectivity index (χ0n) is 32.4. The number of anilines is 1. The van der Waals surface area contributed by atoms with Crippen LogP contribution in [0.1, 0.15) is 6.92 Å². The van der Waals surface area contributed by atoms with E-state index in [0.29, 0.717) is 10.8 Å². The minimum Gasteiger partial charge on any atom is -0.871 e. The Morgan fingerprint density at radius 2 is 1.51 bits per heavy atom. The Bertz CT molecular complexity index is 3260. The third kappa shape index (κ3) is 11.0. The van der Waals surface area contributed by atoms with E-state index in [1.54, 1.807) is 30.3 Å². The topological polar surface area (TPSA) is 367 Å². The number of primary sulfonamides is 1. The van der Waals surface area contributed by atoms with Gasteiger partial charge in [-0.15, -0.1) is 10.2 Å². The molecule has 0 unspecified atom stereocenters. The molecular weight excluding hydrogens is 940 g/mol. The summed E-state index contributed by atoms with van der Waals surface area (Å²) >= 11 is 0. The summed E-state index contributed by atoms with van der Waals surface area (Å²) in [7, 11) is -11.7. The van der Waals surface area contributed by atoms with Crippen LogP contribution in [0.25, 0.3) is 21.5 Å². The van der Waals surface area contributed by atoms with E-state index in [0.717, 1.165) is 43.5 Å². The van der Waals surface area contributed by atoms with Crippen LogP contribution >= 0.6 is 0 Å². The molecule has 6 aromatic carbocycles. The van der Waals surface area contributed by atoms with E-state index in [9.17, 15) is 60.9 Å². The number of nitrogens with zero attached hydrogens (tertiary/aromatic N) is 6. The molecule has 0 bridgehead atoms. The number of hydrogen-bond donors (Lipinski definition) is 3. The molecule has 1 aliphatic rings. The van der Waals surface area contributed by atoms with Gasteiger partial charge in [0.2, 0.25) is 29.9 Å². The monoisotopic (exact) mass is 965 g/mol. The maximum Gasteiger partial charge on any atom is 3.00 e. The molecule has 0 fully saturated rings. The molecule has 1 radical (unpaired) electrons. The summed E-state index contributed by atoms with van der Waals surface area (Å²) in [5.41, 5.74) is -2.61. The van der Waals surface area contributed by atoms with Crippen molar-refractivity contribution in [1.82, 2.24) is 0 Å². The van der Waals surface area contributed by atoms with Gasteiger partial charge in [0, 0.05) is 22.6 Å². The molecule has 27 heteroatoms. The Labute approximate surface area is 389 Å². The molecule has 22 nitrogen and oxygen atoms in total. The van der Waals surface area contributed by atoms with Crippen molar-refractivity contribution in [2.75, 3.05) is 16.9 Å². The van der Waals surface area contributed by atoms with E-state index in [2.05, 4.69) is 30.2 Å². The Balaban J connectivity index is 0.000000269. The first-order chi connectivity index (χ1) is 28.6. The fraction of sp³-hybridized carbons (Fsp3) is 0.0833. The molecule has 7 rings (SSSR count). The van der Waals surface area contributed by atoms with Gasteiger partial charge >= 0.3 is 46.9 Å². The molecular formula is C36H26CrN8NaO14S3. The molecule has 0 saturated carbocycles. The molecule has 0 spiro atoms. The molecule has 0 saturated heterocycles. The van der Waals surface area contributed by atoms with Gasteiger partial charge in [0.25, 0.3) is 5.69 Å². The van der Waals surface area contributed by atoms with Crippen LogP contribution in [0.5, 0.6) is 28.7 Å². The maximum absolute atomic E-state index is 12.9. The summed E-state index contributed by atoms with van der Waals surface area (Å²) in [6.45, 7) is 1.12. The van der Waals surface area contributed by atoms with Crippen molar-refractivity contribution in [3.05, 3.63) is 95.0 Å². The van der Waals surface area contributed by atoms with Crippen molar-refractivity contribution in [2.45, 2.75) is 16.7 Å². The normalized spacial score (nSPS) is 13.4. The number of benzene rings is 6. The number of hydrogen-bond acceptors (Lipinski definition) is 19. The average molecular weight is 966 g/mol. The first kappa shape index (κ1) is 49.7. The number of nitro groups is 1. The Morgan fingerprint density at radius 3 is 2.14 bits per heavy atom. The minimum atomic E-state index is -4.08. The minimum absolute atomic E-state index is 0. The summed E-state index contributed by atoms with van der Waals surface area (Å²) < 4.78 is 78.8. The van der Waals surface area contributed by atoms with E-state index in [4.69, 9.17) is 9.88 Å². The maximum atomic E-state index is 12.9. The zero-order valence-corrected chi connectivity index (χ0v) is 38.2. The standard InChI is InChI=1S/C19H17N5O7S.C17H13N3O7S2.Cr.Na/c1-10(25)20-12-8-14(19(27)15(9-12)24(28)29)21-22-18-16(26)7-6-11-4-3-5-13(17(11)18)23-32(2,30)31;18-29(25,26)9-5-6-13(21)12(7-9)19-20-14-15(22)10-3-1-2-4-11(10)16-17(14)28(23,24)8-27-16;;/h3-9,23,26-27H,1-2H3,(H,20,25);1-7,21-22H,8H2,(H2,18,25,26);;/q;;+3;+1/p-4. The van der Waals surface area contributed by atoms with E-state index in [1.165, 1.54) is 24.3 Å². The van der Waals surface area contributed by atoms with Gasteiger partial charge in [-0.3, -0.25) is 19.8 Å². The van der Waals surface area contributed by atoms with E-state index in [-0.39, 0.29) is 91.1 Å². The third-order valence-electron chi connectivity index (χ3n) is 8.31. The van der Waals surface area contributed by atoms with Crippen molar-refractivity contribution >= 4 is 97.1 Å². The van der Waals surface area contributed by atoms with Gasteiger partial charge < -0.3 is 30.3 Å². The summed E-state index contributed by atoms with van der Waals surface area (Å²) in [6.07, 6.45) is 0.931. The second kappa shape index (κ2) is 19.2. The van der Waals surface area contributed by atoms with Gasteiger partial charge in [0.05, 0.1) is 38.8 Å². The first-order valence-corrected chi connectivity index (χ1v) is 21.9. The summed E-state index contributed by atoms with van der Waals surface area (Å²) in [5.74, 6) is -4.17. The Morgan fingerprint density at radius 1 is 0.857 bits per heavy atom. The van der Waals surface area contributed by atoms with Crippen molar-refractivity contribution in [3.8, 4) is 28.7 Å². The van der Waals surface area contributed by atoms with Crippen LogP contribution in [0, 0.1) is 10.1 Å². The zero-order chi connectivity index (χ0) is 44.6. The van der Waals surface area contributed by atoms with Crippen LogP contribution in [0.2, 0.25) is 0 Å². The molecule has 1 heterocycles. The van der Waals surface area contributed by atoms with E-state index in [1.807, 2.05) is 0 Å². The van der Waals surface area contributed by atoms with Gasteiger partial charge in [-0.05, 0) is 53.9 Å². The third-order valence-corrected chi connectivity index (χ3v) is 11.2. The number of phenols is 1. The van der Waals surface area contributed by atoms with Crippen LogP contribution in [-0.4, -0.2) is 53.4 Å². The number of phenolic OH excluding ortho intramolecular Hbond substituents is 1. The van der Waals surface area contributed by atoms with E-state index >= 15 is 0 Å². The van der Waals surface area contributed by atoms with Crippen LogP contribution in [0.15, 0.2) is 120 Å². The van der Waals surface area contributed by atoms with Crippen LogP contribution in [0.4, 0.5) is 39.8 Å². The summed E-state index contributed by atoms with van der Waals surface area (Å²) in [6, 6.07) is 18.4. The number of nitrogens with two attached hydrogens (primary N) is 1. The predicted molar refractivity (Wildman–Crippen MR) is 211 cm³/mol. The molecule has 4 N–H and O–H groups in total. The molecule has 6 aromatic rings. The molecule has 0 atom stereocenters. The molecule has 63 heavy (non-hydrogen) atoms. The molecule has 319 valence electrons. The van der Waals surface area contributed by atoms with Crippen LogP contribution in [-0.2, 0) is 47.2 Å². The second-order valence-electron chi connectivity index (χ2n) is 12.7. The first-order valence-electron chi connectivity index (χ1n) is 16.8. The van der Waals surface area contributed by atoms with E-state index < -0.39 is 91.6 Å². The van der Waals surface area contributed by atoms with Crippen molar-refractivity contribution in [1.29, 1.82) is 0 Å². The number of fused-ring (bicyclic) bond motifs is 4. The van der Waals surface area contributed by atoms with Crippen LogP contribution < -0.4 is 64.6 Å². The fourth-order valence-corrected chi connectivity index (χ4v) is 8.16. The largest absolute Gasteiger partial charge is 3.00 e. The number of aromatic hydroxyl groups is 1. The number of azo groups is 2. The Hall–Kier alpha value is -5.95.